The summed E-state index contributed by atoms with van der Waals surface area (Å²) in [6.07, 6.45) is 0.805. The average molecular weight is 362 g/mol. The molecule has 0 saturated carbocycles. The summed E-state index contributed by atoms with van der Waals surface area (Å²) >= 11 is 13.6. The first kappa shape index (κ1) is 17.9. The highest BCUT2D eigenvalue weighted by Crippen LogP contribution is 2.25. The number of hydrogen-bond acceptors (Lipinski definition) is 3. The maximum atomic E-state index is 12.2. The van der Waals surface area contributed by atoms with Crippen molar-refractivity contribution in [2.24, 2.45) is 0 Å². The van der Waals surface area contributed by atoms with E-state index in [2.05, 4.69) is 0 Å². The van der Waals surface area contributed by atoms with Crippen LogP contribution in [0.3, 0.4) is 0 Å². The Hall–Kier alpha value is -0.420. The Kier molecular flexibility index (Phi) is 6.87. The lowest BCUT2D eigenvalue weighted by Gasteiger charge is -2.35. The molecule has 0 unspecified atom stereocenters. The monoisotopic (exact) mass is 361 g/mol. The van der Waals surface area contributed by atoms with E-state index in [4.69, 9.17) is 27.9 Å². The van der Waals surface area contributed by atoms with Gasteiger partial charge in [0.05, 0.1) is 22.3 Å². The molecule has 0 bridgehead atoms. The van der Waals surface area contributed by atoms with Gasteiger partial charge in [0.1, 0.15) is 0 Å². The summed E-state index contributed by atoms with van der Waals surface area (Å²) in [5, 5.41) is 1.15. The van der Waals surface area contributed by atoms with Crippen LogP contribution >= 0.6 is 35.0 Å². The van der Waals surface area contributed by atoms with Gasteiger partial charge in [0.25, 0.3) is 0 Å². The summed E-state index contributed by atoms with van der Waals surface area (Å²) in [5.41, 5.74) is 1.13. The van der Waals surface area contributed by atoms with Gasteiger partial charge in [0.15, 0.2) is 0 Å². The molecule has 1 amide bonds. The molecule has 1 aliphatic rings. The maximum Gasteiger partial charge on any atom is 0.223 e. The third-order valence-corrected chi connectivity index (χ3v) is 5.25. The highest BCUT2D eigenvalue weighted by Gasteiger charge is 2.25. The predicted molar refractivity (Wildman–Crippen MR) is 93.8 cm³/mol. The second kappa shape index (κ2) is 8.44. The Morgan fingerprint density at radius 1 is 1.27 bits per heavy atom. The van der Waals surface area contributed by atoms with Crippen LogP contribution in [-0.2, 0) is 15.3 Å². The van der Waals surface area contributed by atoms with Crippen molar-refractivity contribution in [2.45, 2.75) is 38.2 Å². The van der Waals surface area contributed by atoms with Crippen molar-refractivity contribution in [3.8, 4) is 0 Å². The standard InChI is InChI=1S/C16H21Cl2NO2S/c1-11-8-19(9-12(2)21-11)16(20)5-6-22-10-13-3-4-14(17)15(18)7-13/h3-4,7,11-12H,5-6,8-10H2,1-2H3/t11-,12+. The number of carbonyl (C=O) groups is 1. The Morgan fingerprint density at radius 3 is 2.59 bits per heavy atom. The van der Waals surface area contributed by atoms with Crippen LogP contribution in [0.2, 0.25) is 10.0 Å². The lowest BCUT2D eigenvalue weighted by molar-refractivity contribution is -0.142. The van der Waals surface area contributed by atoms with Gasteiger partial charge in [0, 0.05) is 31.0 Å². The van der Waals surface area contributed by atoms with Gasteiger partial charge in [-0.2, -0.15) is 11.8 Å². The van der Waals surface area contributed by atoms with Gasteiger partial charge in [0.2, 0.25) is 5.91 Å². The van der Waals surface area contributed by atoms with E-state index in [1.54, 1.807) is 17.8 Å². The first-order valence-electron chi connectivity index (χ1n) is 7.40. The molecule has 2 atom stereocenters. The van der Waals surface area contributed by atoms with Crippen LogP contribution in [0.25, 0.3) is 0 Å². The summed E-state index contributed by atoms with van der Waals surface area (Å²) in [6.45, 7) is 5.41. The third kappa shape index (κ3) is 5.34. The number of benzene rings is 1. The molecular formula is C16H21Cl2NO2S. The highest BCUT2D eigenvalue weighted by atomic mass is 35.5. The topological polar surface area (TPSA) is 29.5 Å². The molecule has 1 aromatic rings. The minimum atomic E-state index is 0.122. The molecule has 0 aliphatic carbocycles. The Labute approximate surface area is 146 Å². The molecule has 0 radical (unpaired) electrons. The molecule has 1 saturated heterocycles. The lowest BCUT2D eigenvalue weighted by atomic mass is 10.2. The number of thioether (sulfide) groups is 1. The summed E-state index contributed by atoms with van der Waals surface area (Å²) < 4.78 is 5.65. The van der Waals surface area contributed by atoms with Gasteiger partial charge in [-0.3, -0.25) is 4.79 Å². The highest BCUT2D eigenvalue weighted by molar-refractivity contribution is 7.98. The summed E-state index contributed by atoms with van der Waals surface area (Å²) in [5.74, 6) is 1.85. The van der Waals surface area contributed by atoms with Crippen LogP contribution in [0.4, 0.5) is 0 Å². The van der Waals surface area contributed by atoms with E-state index in [0.29, 0.717) is 29.6 Å². The van der Waals surface area contributed by atoms with Crippen LogP contribution in [0.5, 0.6) is 0 Å². The van der Waals surface area contributed by atoms with Crippen LogP contribution in [0.1, 0.15) is 25.8 Å². The molecule has 1 fully saturated rings. The van der Waals surface area contributed by atoms with Gasteiger partial charge in [-0.15, -0.1) is 0 Å². The zero-order chi connectivity index (χ0) is 16.1. The van der Waals surface area contributed by atoms with Crippen molar-refractivity contribution in [2.75, 3.05) is 18.8 Å². The molecule has 1 heterocycles. The van der Waals surface area contributed by atoms with Crippen molar-refractivity contribution in [1.82, 2.24) is 4.90 Å². The van der Waals surface area contributed by atoms with E-state index in [1.165, 1.54) is 0 Å². The molecule has 122 valence electrons. The first-order valence-corrected chi connectivity index (χ1v) is 9.31. The number of ether oxygens (including phenoxy) is 1. The fourth-order valence-electron chi connectivity index (χ4n) is 2.52. The lowest BCUT2D eigenvalue weighted by Crippen LogP contribution is -2.48. The third-order valence-electron chi connectivity index (χ3n) is 3.49. The Morgan fingerprint density at radius 2 is 1.95 bits per heavy atom. The van der Waals surface area contributed by atoms with E-state index in [0.717, 1.165) is 17.1 Å². The molecule has 0 spiro atoms. The molecular weight excluding hydrogens is 341 g/mol. The molecule has 22 heavy (non-hydrogen) atoms. The molecule has 1 aliphatic heterocycles. The van der Waals surface area contributed by atoms with Crippen LogP contribution in [0.15, 0.2) is 18.2 Å². The van der Waals surface area contributed by atoms with E-state index in [-0.39, 0.29) is 18.1 Å². The van der Waals surface area contributed by atoms with Gasteiger partial charge >= 0.3 is 0 Å². The van der Waals surface area contributed by atoms with Crippen LogP contribution in [-0.4, -0.2) is 41.9 Å². The SMILES string of the molecule is C[C@@H]1CN(C(=O)CCSCc2ccc(Cl)c(Cl)c2)C[C@H](C)O1. The van der Waals surface area contributed by atoms with Crippen LogP contribution in [0, 0.1) is 0 Å². The van der Waals surface area contributed by atoms with Crippen molar-refractivity contribution >= 4 is 40.9 Å². The van der Waals surface area contributed by atoms with E-state index in [9.17, 15) is 4.79 Å². The Balaban J connectivity index is 1.71. The number of rotatable bonds is 5. The fourth-order valence-corrected chi connectivity index (χ4v) is 3.72. The molecule has 0 N–H and O–H groups in total. The van der Waals surface area contributed by atoms with Gasteiger partial charge < -0.3 is 9.64 Å². The average Bonchev–Trinajstić information content (AvgIpc) is 2.46. The van der Waals surface area contributed by atoms with Crippen LogP contribution < -0.4 is 0 Å². The minimum absolute atomic E-state index is 0.122. The molecule has 2 rings (SSSR count). The predicted octanol–water partition coefficient (Wildman–Crippen LogP) is 4.25. The summed E-state index contributed by atoms with van der Waals surface area (Å²) in [4.78, 5) is 14.1. The molecule has 1 aromatic carbocycles. The smallest absolute Gasteiger partial charge is 0.223 e. The van der Waals surface area contributed by atoms with E-state index >= 15 is 0 Å². The second-order valence-electron chi connectivity index (χ2n) is 5.61. The maximum absolute atomic E-state index is 12.2. The summed E-state index contributed by atoms with van der Waals surface area (Å²) in [7, 11) is 0. The summed E-state index contributed by atoms with van der Waals surface area (Å²) in [6, 6.07) is 5.65. The van der Waals surface area contributed by atoms with Gasteiger partial charge in [-0.1, -0.05) is 29.3 Å². The fraction of sp³-hybridized carbons (Fsp3) is 0.562. The van der Waals surface area contributed by atoms with Crippen molar-refractivity contribution in [3.05, 3.63) is 33.8 Å². The van der Waals surface area contributed by atoms with E-state index in [1.807, 2.05) is 30.9 Å². The molecule has 3 nitrogen and oxygen atoms in total. The molecule has 0 aromatic heterocycles. The van der Waals surface area contributed by atoms with Crippen molar-refractivity contribution in [1.29, 1.82) is 0 Å². The normalized spacial score (nSPS) is 21.9. The zero-order valence-electron chi connectivity index (χ0n) is 12.9. The molecule has 6 heteroatoms. The van der Waals surface area contributed by atoms with E-state index < -0.39 is 0 Å². The largest absolute Gasteiger partial charge is 0.372 e. The zero-order valence-corrected chi connectivity index (χ0v) is 15.2. The number of carbonyl (C=O) groups excluding carboxylic acids is 1. The minimum Gasteiger partial charge on any atom is -0.372 e. The van der Waals surface area contributed by atoms with Crippen molar-refractivity contribution < 1.29 is 9.53 Å². The Bertz CT molecular complexity index is 517. The number of hydrogen-bond donors (Lipinski definition) is 0. The number of amides is 1. The second-order valence-corrected chi connectivity index (χ2v) is 7.53. The number of nitrogens with zero attached hydrogens (tertiary/aromatic N) is 1. The van der Waals surface area contributed by atoms with Crippen molar-refractivity contribution in [3.63, 3.8) is 0 Å². The van der Waals surface area contributed by atoms with Gasteiger partial charge in [-0.05, 0) is 31.5 Å². The number of morpholine rings is 1. The van der Waals surface area contributed by atoms with Gasteiger partial charge in [-0.25, -0.2) is 0 Å². The first-order chi connectivity index (χ1) is 10.5. The number of halogens is 2. The quantitative estimate of drug-likeness (QED) is 0.734.